The molecule has 1 aromatic rings. The fraction of sp³-hybridized carbons (Fsp3) is 0.357. The Labute approximate surface area is 122 Å². The first-order chi connectivity index (χ1) is 9.88. The first-order valence-electron chi connectivity index (χ1n) is 6.41. The van der Waals surface area contributed by atoms with Crippen LogP contribution in [0.2, 0.25) is 0 Å². The lowest BCUT2D eigenvalue weighted by Crippen LogP contribution is -2.48. The van der Waals surface area contributed by atoms with Crippen LogP contribution in [0.5, 0.6) is 0 Å². The Morgan fingerprint density at radius 3 is 2.10 bits per heavy atom. The average Bonchev–Trinajstić information content (AvgIpc) is 2.37. The predicted octanol–water partition coefficient (Wildman–Crippen LogP) is 0.798. The van der Waals surface area contributed by atoms with Crippen LogP contribution in [0, 0.1) is 0 Å². The molecule has 7 heteroatoms. The maximum Gasteiger partial charge on any atom is 0.323 e. The van der Waals surface area contributed by atoms with Gasteiger partial charge in [0.25, 0.3) is 0 Å². The molecule has 1 atom stereocenters. The van der Waals surface area contributed by atoms with Crippen LogP contribution in [-0.2, 0) is 16.0 Å². The molecule has 1 aromatic carbocycles. The van der Waals surface area contributed by atoms with E-state index >= 15 is 0 Å². The maximum atomic E-state index is 11.9. The molecular weight excluding hydrogens is 276 g/mol. The second-order valence-electron chi connectivity index (χ2n) is 4.68. The topological polar surface area (TPSA) is 107 Å². The van der Waals surface area contributed by atoms with Crippen molar-refractivity contribution in [3.63, 3.8) is 0 Å². The van der Waals surface area contributed by atoms with Crippen molar-refractivity contribution in [2.45, 2.75) is 19.4 Å². The zero-order valence-corrected chi connectivity index (χ0v) is 11.7. The Bertz CT molecular complexity index is 487. The van der Waals surface area contributed by atoms with Gasteiger partial charge in [0.1, 0.15) is 13.1 Å². The van der Waals surface area contributed by atoms with Crippen molar-refractivity contribution in [2.75, 3.05) is 13.1 Å². The summed E-state index contributed by atoms with van der Waals surface area (Å²) in [5, 5.41) is 20.0. The van der Waals surface area contributed by atoms with E-state index in [2.05, 4.69) is 5.32 Å². The predicted molar refractivity (Wildman–Crippen MR) is 75.0 cm³/mol. The van der Waals surface area contributed by atoms with Crippen molar-refractivity contribution >= 4 is 18.0 Å². The van der Waals surface area contributed by atoms with Crippen molar-refractivity contribution in [1.29, 1.82) is 0 Å². The van der Waals surface area contributed by atoms with Gasteiger partial charge in [-0.25, -0.2) is 4.79 Å². The molecule has 0 saturated carbocycles. The van der Waals surface area contributed by atoms with Crippen LogP contribution in [0.15, 0.2) is 30.3 Å². The number of carbonyl (C=O) groups is 3. The summed E-state index contributed by atoms with van der Waals surface area (Å²) in [6.07, 6.45) is 0.570. The number of hydrogen-bond donors (Lipinski definition) is 3. The fourth-order valence-electron chi connectivity index (χ4n) is 1.85. The molecule has 2 amide bonds. The number of rotatable bonds is 7. The van der Waals surface area contributed by atoms with Gasteiger partial charge >= 0.3 is 18.0 Å². The summed E-state index contributed by atoms with van der Waals surface area (Å²) in [7, 11) is 0. The molecule has 0 radical (unpaired) electrons. The van der Waals surface area contributed by atoms with E-state index in [4.69, 9.17) is 10.2 Å². The quantitative estimate of drug-likeness (QED) is 0.689. The second-order valence-corrected chi connectivity index (χ2v) is 4.68. The number of hydrogen-bond acceptors (Lipinski definition) is 3. The van der Waals surface area contributed by atoms with E-state index in [1.54, 1.807) is 6.92 Å². The Morgan fingerprint density at radius 1 is 1.10 bits per heavy atom. The summed E-state index contributed by atoms with van der Waals surface area (Å²) >= 11 is 0. The average molecular weight is 294 g/mol. The van der Waals surface area contributed by atoms with Crippen LogP contribution in [0.4, 0.5) is 4.79 Å². The first-order valence-corrected chi connectivity index (χ1v) is 6.41. The highest BCUT2D eigenvalue weighted by Crippen LogP contribution is 2.03. The molecule has 0 heterocycles. The van der Waals surface area contributed by atoms with Crippen molar-refractivity contribution in [3.8, 4) is 0 Å². The minimum atomic E-state index is -1.26. The van der Waals surface area contributed by atoms with Gasteiger partial charge in [-0.1, -0.05) is 30.3 Å². The zero-order valence-electron chi connectivity index (χ0n) is 11.7. The molecule has 7 nitrogen and oxygen atoms in total. The molecular formula is C14H18N2O5. The summed E-state index contributed by atoms with van der Waals surface area (Å²) in [6.45, 7) is 0.455. The molecule has 1 unspecified atom stereocenters. The number of nitrogens with zero attached hydrogens (tertiary/aromatic N) is 1. The van der Waals surface area contributed by atoms with E-state index in [-0.39, 0.29) is 6.04 Å². The lowest BCUT2D eigenvalue weighted by molar-refractivity contribution is -0.140. The molecule has 0 aliphatic rings. The van der Waals surface area contributed by atoms with Crippen LogP contribution in [0.3, 0.4) is 0 Å². The van der Waals surface area contributed by atoms with Crippen molar-refractivity contribution in [1.82, 2.24) is 10.2 Å². The molecule has 3 N–H and O–H groups in total. The number of carbonyl (C=O) groups excluding carboxylic acids is 1. The molecule has 21 heavy (non-hydrogen) atoms. The highest BCUT2D eigenvalue weighted by Gasteiger charge is 2.20. The largest absolute Gasteiger partial charge is 0.480 e. The number of urea groups is 1. The lowest BCUT2D eigenvalue weighted by Gasteiger charge is -2.22. The van der Waals surface area contributed by atoms with E-state index in [1.165, 1.54) is 0 Å². The van der Waals surface area contributed by atoms with E-state index in [0.717, 1.165) is 10.5 Å². The van der Waals surface area contributed by atoms with Crippen molar-refractivity contribution in [2.24, 2.45) is 0 Å². The molecule has 0 spiro atoms. The van der Waals surface area contributed by atoms with E-state index in [1.807, 2.05) is 30.3 Å². The number of carboxylic acids is 2. The highest BCUT2D eigenvalue weighted by molar-refractivity contribution is 5.84. The van der Waals surface area contributed by atoms with Gasteiger partial charge in [-0.05, 0) is 18.9 Å². The monoisotopic (exact) mass is 294 g/mol. The Morgan fingerprint density at radius 2 is 1.62 bits per heavy atom. The summed E-state index contributed by atoms with van der Waals surface area (Å²) in [5.41, 5.74) is 1.02. The highest BCUT2D eigenvalue weighted by atomic mass is 16.4. The van der Waals surface area contributed by atoms with Crippen LogP contribution < -0.4 is 5.32 Å². The van der Waals surface area contributed by atoms with Gasteiger partial charge in [-0.2, -0.15) is 0 Å². The number of benzene rings is 1. The van der Waals surface area contributed by atoms with Gasteiger partial charge in [-0.3, -0.25) is 9.59 Å². The van der Waals surface area contributed by atoms with E-state index in [0.29, 0.717) is 6.42 Å². The van der Waals surface area contributed by atoms with Crippen LogP contribution >= 0.6 is 0 Å². The van der Waals surface area contributed by atoms with Crippen LogP contribution in [0.25, 0.3) is 0 Å². The number of nitrogens with one attached hydrogen (secondary N) is 1. The summed E-state index contributed by atoms with van der Waals surface area (Å²) in [4.78, 5) is 34.0. The van der Waals surface area contributed by atoms with Gasteiger partial charge in [0.2, 0.25) is 0 Å². The van der Waals surface area contributed by atoms with Crippen molar-refractivity contribution < 1.29 is 24.6 Å². The smallest absolute Gasteiger partial charge is 0.323 e. The fourth-order valence-corrected chi connectivity index (χ4v) is 1.85. The summed E-state index contributed by atoms with van der Waals surface area (Å²) in [6, 6.07) is 8.52. The third-order valence-electron chi connectivity index (χ3n) is 2.69. The SMILES string of the molecule is CC(Cc1ccccc1)NC(=O)N(CC(=O)O)CC(=O)O. The zero-order chi connectivity index (χ0) is 15.8. The summed E-state index contributed by atoms with van der Waals surface area (Å²) in [5.74, 6) is -2.52. The van der Waals surface area contributed by atoms with Gasteiger partial charge in [0, 0.05) is 6.04 Å². The van der Waals surface area contributed by atoms with E-state index < -0.39 is 31.1 Å². The molecule has 0 aliphatic carbocycles. The number of aliphatic carboxylic acids is 2. The van der Waals surface area contributed by atoms with Gasteiger partial charge in [-0.15, -0.1) is 0 Å². The third-order valence-corrected chi connectivity index (χ3v) is 2.69. The summed E-state index contributed by atoms with van der Waals surface area (Å²) < 4.78 is 0. The Hall–Kier alpha value is -2.57. The Balaban J connectivity index is 2.58. The minimum Gasteiger partial charge on any atom is -0.480 e. The molecule has 0 aliphatic heterocycles. The van der Waals surface area contributed by atoms with Gasteiger partial charge < -0.3 is 20.4 Å². The molecule has 0 aromatic heterocycles. The van der Waals surface area contributed by atoms with Gasteiger partial charge in [0.15, 0.2) is 0 Å². The lowest BCUT2D eigenvalue weighted by atomic mass is 10.1. The van der Waals surface area contributed by atoms with Crippen LogP contribution in [-0.4, -0.2) is 52.2 Å². The molecule has 114 valence electrons. The van der Waals surface area contributed by atoms with Gasteiger partial charge in [0.05, 0.1) is 0 Å². The van der Waals surface area contributed by atoms with Crippen LogP contribution in [0.1, 0.15) is 12.5 Å². The Kier molecular flexibility index (Phi) is 6.19. The number of amides is 2. The van der Waals surface area contributed by atoms with E-state index in [9.17, 15) is 14.4 Å². The standard InChI is InChI=1S/C14H18N2O5/c1-10(7-11-5-3-2-4-6-11)15-14(21)16(8-12(17)18)9-13(19)20/h2-6,10H,7-9H2,1H3,(H,15,21)(H,17,18)(H,19,20). The molecule has 1 rings (SSSR count). The molecule has 0 fully saturated rings. The second kappa shape index (κ2) is 7.88. The molecule has 0 bridgehead atoms. The normalized spacial score (nSPS) is 11.5. The first kappa shape index (κ1) is 16.5. The number of carboxylic acid groups (broad SMARTS) is 2. The maximum absolute atomic E-state index is 11.9. The van der Waals surface area contributed by atoms with Crippen molar-refractivity contribution in [3.05, 3.63) is 35.9 Å². The third kappa shape index (κ3) is 6.42. The minimum absolute atomic E-state index is 0.245. The molecule has 0 saturated heterocycles.